The van der Waals surface area contributed by atoms with Gasteiger partial charge >= 0.3 is 0 Å². The van der Waals surface area contributed by atoms with Crippen LogP contribution in [-0.4, -0.2) is 50.3 Å². The third-order valence-electron chi connectivity index (χ3n) is 5.79. The van der Waals surface area contributed by atoms with Crippen molar-refractivity contribution in [2.75, 3.05) is 33.3 Å². The van der Waals surface area contributed by atoms with Gasteiger partial charge in [-0.15, -0.1) is 24.0 Å². The lowest BCUT2D eigenvalue weighted by atomic mass is 9.78. The summed E-state index contributed by atoms with van der Waals surface area (Å²) in [5.41, 5.74) is 1.63. The zero-order valence-corrected chi connectivity index (χ0v) is 19.6. The highest BCUT2D eigenvalue weighted by Gasteiger charge is 2.35. The number of nitrogens with zero attached hydrogens (tertiary/aromatic N) is 2. The number of nitrogens with one attached hydrogen (secondary N) is 1. The number of aliphatic imine (C=N–C) groups is 1. The molecular weight excluding hydrogens is 449 g/mol. The Bertz CT molecular complexity index is 599. The number of benzene rings is 1. The molecule has 0 aromatic heterocycles. The van der Waals surface area contributed by atoms with E-state index in [0.29, 0.717) is 17.9 Å². The van der Waals surface area contributed by atoms with Crippen molar-refractivity contribution in [1.29, 1.82) is 0 Å². The summed E-state index contributed by atoms with van der Waals surface area (Å²) in [4.78, 5) is 6.97. The maximum Gasteiger partial charge on any atom is 0.193 e. The molecule has 2 aliphatic heterocycles. The SMILES string of the molecule is CN=C(NCC1CCCOC1C(C)(C)C)N1CCC(c2ccccc2)C1.I. The summed E-state index contributed by atoms with van der Waals surface area (Å²) >= 11 is 0. The van der Waals surface area contributed by atoms with E-state index in [1.807, 2.05) is 7.05 Å². The van der Waals surface area contributed by atoms with Gasteiger partial charge in [0.1, 0.15) is 0 Å². The summed E-state index contributed by atoms with van der Waals surface area (Å²) in [5.74, 6) is 2.20. The Balaban J connectivity index is 0.00000261. The van der Waals surface area contributed by atoms with Gasteiger partial charge in [0.15, 0.2) is 5.96 Å². The standard InChI is InChI=1S/C22H35N3O.HI/c1-22(2,3)20-18(11-8-14-26-20)15-24-21(23-4)25-13-12-19(16-25)17-9-6-5-7-10-17;/h5-7,9-10,18-20H,8,11-16H2,1-4H3,(H,23,24);1H. The second-order valence-electron chi connectivity index (χ2n) is 8.83. The fraction of sp³-hybridized carbons (Fsp3) is 0.682. The van der Waals surface area contributed by atoms with Gasteiger partial charge < -0.3 is 15.0 Å². The van der Waals surface area contributed by atoms with Crippen molar-refractivity contribution < 1.29 is 4.74 Å². The highest BCUT2D eigenvalue weighted by molar-refractivity contribution is 14.0. The van der Waals surface area contributed by atoms with Gasteiger partial charge in [-0.05, 0) is 30.2 Å². The van der Waals surface area contributed by atoms with E-state index in [9.17, 15) is 0 Å². The molecule has 3 atom stereocenters. The summed E-state index contributed by atoms with van der Waals surface area (Å²) in [7, 11) is 1.90. The minimum absolute atomic E-state index is 0. The first-order valence-electron chi connectivity index (χ1n) is 10.1. The third-order valence-corrected chi connectivity index (χ3v) is 5.79. The molecule has 3 rings (SSSR count). The first-order valence-corrected chi connectivity index (χ1v) is 10.1. The number of hydrogen-bond donors (Lipinski definition) is 1. The topological polar surface area (TPSA) is 36.9 Å². The maximum atomic E-state index is 6.13. The van der Waals surface area contributed by atoms with E-state index >= 15 is 0 Å². The van der Waals surface area contributed by atoms with Crippen LogP contribution < -0.4 is 5.32 Å². The van der Waals surface area contributed by atoms with E-state index in [0.717, 1.165) is 38.6 Å². The number of likely N-dealkylation sites (tertiary alicyclic amines) is 1. The molecule has 5 heteroatoms. The second-order valence-corrected chi connectivity index (χ2v) is 8.83. The predicted molar refractivity (Wildman–Crippen MR) is 124 cm³/mol. The number of rotatable bonds is 3. The highest BCUT2D eigenvalue weighted by Crippen LogP contribution is 2.34. The van der Waals surface area contributed by atoms with Crippen LogP contribution in [-0.2, 0) is 4.74 Å². The van der Waals surface area contributed by atoms with Gasteiger partial charge in [0.05, 0.1) is 6.10 Å². The summed E-state index contributed by atoms with van der Waals surface area (Å²) < 4.78 is 6.13. The monoisotopic (exact) mass is 485 g/mol. The Hall–Kier alpha value is -0.820. The number of hydrogen-bond acceptors (Lipinski definition) is 2. The fourth-order valence-corrected chi connectivity index (χ4v) is 4.51. The molecule has 3 unspecified atom stereocenters. The van der Waals surface area contributed by atoms with Gasteiger partial charge in [-0.1, -0.05) is 51.1 Å². The van der Waals surface area contributed by atoms with Crippen molar-refractivity contribution in [3.05, 3.63) is 35.9 Å². The van der Waals surface area contributed by atoms with Crippen LogP contribution in [0.3, 0.4) is 0 Å². The smallest absolute Gasteiger partial charge is 0.193 e. The first-order chi connectivity index (χ1) is 12.5. The molecule has 0 radical (unpaired) electrons. The molecule has 1 aromatic rings. The van der Waals surface area contributed by atoms with Gasteiger partial charge in [-0.2, -0.15) is 0 Å². The average molecular weight is 485 g/mol. The molecular formula is C22H36IN3O. The van der Waals surface area contributed by atoms with Crippen molar-refractivity contribution in [1.82, 2.24) is 10.2 Å². The van der Waals surface area contributed by atoms with E-state index in [4.69, 9.17) is 4.74 Å². The van der Waals surface area contributed by atoms with E-state index < -0.39 is 0 Å². The molecule has 27 heavy (non-hydrogen) atoms. The van der Waals surface area contributed by atoms with E-state index in [2.05, 4.69) is 66.3 Å². The molecule has 0 amide bonds. The summed E-state index contributed by atoms with van der Waals surface area (Å²) in [6.07, 6.45) is 3.91. The maximum absolute atomic E-state index is 6.13. The zero-order valence-electron chi connectivity index (χ0n) is 17.3. The Morgan fingerprint density at radius 2 is 1.96 bits per heavy atom. The second kappa shape index (κ2) is 10.1. The minimum atomic E-state index is 0. The molecule has 2 fully saturated rings. The average Bonchev–Trinajstić information content (AvgIpc) is 3.12. The normalized spacial score (nSPS) is 26.6. The summed E-state index contributed by atoms with van der Waals surface area (Å²) in [5, 5.41) is 3.65. The summed E-state index contributed by atoms with van der Waals surface area (Å²) in [6, 6.07) is 10.9. The van der Waals surface area contributed by atoms with Crippen LogP contribution in [0.5, 0.6) is 0 Å². The Labute approximate surface area is 182 Å². The van der Waals surface area contributed by atoms with Crippen LogP contribution >= 0.6 is 24.0 Å². The van der Waals surface area contributed by atoms with E-state index in [-0.39, 0.29) is 29.4 Å². The molecule has 0 bridgehead atoms. The van der Waals surface area contributed by atoms with Crippen LogP contribution in [0.2, 0.25) is 0 Å². The number of ether oxygens (including phenoxy) is 1. The largest absolute Gasteiger partial charge is 0.377 e. The zero-order chi connectivity index (χ0) is 18.6. The van der Waals surface area contributed by atoms with E-state index in [1.165, 1.54) is 18.4 Å². The lowest BCUT2D eigenvalue weighted by molar-refractivity contribution is -0.0836. The molecule has 2 aliphatic rings. The highest BCUT2D eigenvalue weighted by atomic mass is 127. The Kier molecular flexibility index (Phi) is 8.40. The van der Waals surface area contributed by atoms with Crippen molar-refractivity contribution in [2.45, 2.75) is 52.1 Å². The quantitative estimate of drug-likeness (QED) is 0.389. The lowest BCUT2D eigenvalue weighted by Gasteiger charge is -2.40. The number of halogens is 1. The third kappa shape index (κ3) is 5.83. The molecule has 1 N–H and O–H groups in total. The van der Waals surface area contributed by atoms with Gasteiger partial charge in [-0.25, -0.2) is 0 Å². The van der Waals surface area contributed by atoms with Crippen LogP contribution in [0, 0.1) is 11.3 Å². The van der Waals surface area contributed by atoms with Crippen molar-refractivity contribution in [3.8, 4) is 0 Å². The van der Waals surface area contributed by atoms with Gasteiger partial charge in [0, 0.05) is 45.1 Å². The minimum Gasteiger partial charge on any atom is -0.377 e. The van der Waals surface area contributed by atoms with E-state index in [1.54, 1.807) is 0 Å². The van der Waals surface area contributed by atoms with Crippen molar-refractivity contribution >= 4 is 29.9 Å². The Morgan fingerprint density at radius 3 is 2.63 bits per heavy atom. The van der Waals surface area contributed by atoms with Gasteiger partial charge in [0.25, 0.3) is 0 Å². The fourth-order valence-electron chi connectivity index (χ4n) is 4.51. The number of guanidine groups is 1. The van der Waals surface area contributed by atoms with Gasteiger partial charge in [0.2, 0.25) is 0 Å². The molecule has 1 aromatic carbocycles. The van der Waals surface area contributed by atoms with Crippen LogP contribution in [0.15, 0.2) is 35.3 Å². The Morgan fingerprint density at radius 1 is 1.22 bits per heavy atom. The molecule has 0 aliphatic carbocycles. The molecule has 0 saturated carbocycles. The van der Waals surface area contributed by atoms with Crippen LogP contribution in [0.25, 0.3) is 0 Å². The molecule has 0 spiro atoms. The first kappa shape index (κ1) is 22.5. The predicted octanol–water partition coefficient (Wildman–Crippen LogP) is 4.51. The molecule has 4 nitrogen and oxygen atoms in total. The summed E-state index contributed by atoms with van der Waals surface area (Å²) in [6.45, 7) is 10.8. The molecule has 2 saturated heterocycles. The molecule has 152 valence electrons. The van der Waals surface area contributed by atoms with Gasteiger partial charge in [-0.3, -0.25) is 4.99 Å². The van der Waals surface area contributed by atoms with Crippen molar-refractivity contribution in [3.63, 3.8) is 0 Å². The lowest BCUT2D eigenvalue weighted by Crippen LogP contribution is -2.48. The molecule has 2 heterocycles. The van der Waals surface area contributed by atoms with Crippen molar-refractivity contribution in [2.24, 2.45) is 16.3 Å². The van der Waals surface area contributed by atoms with Crippen LogP contribution in [0.4, 0.5) is 0 Å². The van der Waals surface area contributed by atoms with Crippen LogP contribution in [0.1, 0.15) is 51.5 Å².